The number of para-hydroxylation sites is 2. The minimum atomic E-state index is -0.917. The van der Waals surface area contributed by atoms with Crippen LogP contribution in [0.3, 0.4) is 0 Å². The fraction of sp³-hybridized carbons (Fsp3) is 0.238. The molecule has 1 heterocycles. The Morgan fingerprint density at radius 3 is 2.40 bits per heavy atom. The summed E-state index contributed by atoms with van der Waals surface area (Å²) in [5, 5.41) is 9.24. The predicted octanol–water partition coefficient (Wildman–Crippen LogP) is 5.14. The number of carboxylic acid groups (broad SMARTS) is 1. The van der Waals surface area contributed by atoms with E-state index in [1.807, 2.05) is 42.5 Å². The second-order valence-corrected chi connectivity index (χ2v) is 7.10. The van der Waals surface area contributed by atoms with E-state index in [2.05, 4.69) is 37.9 Å². The van der Waals surface area contributed by atoms with Gasteiger partial charge in [0.15, 0.2) is 5.58 Å². The second kappa shape index (κ2) is 6.55. The first kappa shape index (κ1) is 17.0. The molecule has 4 heteroatoms. The number of hydrogen-bond donors (Lipinski definition) is 1. The number of carboxylic acids is 1. The van der Waals surface area contributed by atoms with Gasteiger partial charge in [-0.2, -0.15) is 0 Å². The van der Waals surface area contributed by atoms with Crippen LogP contribution >= 0.6 is 0 Å². The number of aliphatic carboxylic acids is 1. The van der Waals surface area contributed by atoms with Gasteiger partial charge in [0.05, 0.1) is 6.42 Å². The van der Waals surface area contributed by atoms with Crippen LogP contribution in [0.2, 0.25) is 0 Å². The molecule has 0 saturated heterocycles. The van der Waals surface area contributed by atoms with Crippen LogP contribution in [0.1, 0.15) is 44.2 Å². The van der Waals surface area contributed by atoms with Crippen molar-refractivity contribution in [2.45, 2.75) is 32.6 Å². The van der Waals surface area contributed by atoms with E-state index in [0.717, 1.165) is 11.1 Å². The van der Waals surface area contributed by atoms with Gasteiger partial charge >= 0.3 is 5.97 Å². The predicted molar refractivity (Wildman–Crippen MR) is 99.3 cm³/mol. The standard InChI is InChI=1S/C21H21NO3/c1-21(2,3)16-10-8-14(9-11-16)12-15(13-19(23)24)20-22-17-6-4-5-7-18(17)25-20/h4-12H,13H2,1-3H3,(H,23,24). The van der Waals surface area contributed by atoms with Gasteiger partial charge in [-0.3, -0.25) is 4.79 Å². The zero-order valence-electron chi connectivity index (χ0n) is 14.6. The van der Waals surface area contributed by atoms with Crippen LogP contribution < -0.4 is 0 Å². The average Bonchev–Trinajstić information content (AvgIpc) is 2.97. The van der Waals surface area contributed by atoms with Gasteiger partial charge in [-0.05, 0) is 34.8 Å². The minimum Gasteiger partial charge on any atom is -0.481 e. The molecule has 0 bridgehead atoms. The molecule has 2 aromatic carbocycles. The molecule has 0 aliphatic heterocycles. The molecule has 0 saturated carbocycles. The highest BCUT2D eigenvalue weighted by molar-refractivity contribution is 5.90. The van der Waals surface area contributed by atoms with Crippen molar-refractivity contribution < 1.29 is 14.3 Å². The lowest BCUT2D eigenvalue weighted by Gasteiger charge is -2.18. The molecule has 1 aromatic heterocycles. The molecule has 128 valence electrons. The molecule has 3 aromatic rings. The smallest absolute Gasteiger partial charge is 0.308 e. The van der Waals surface area contributed by atoms with E-state index in [9.17, 15) is 9.90 Å². The summed E-state index contributed by atoms with van der Waals surface area (Å²) in [6.07, 6.45) is 1.68. The summed E-state index contributed by atoms with van der Waals surface area (Å²) in [5.41, 5.74) is 4.14. The van der Waals surface area contributed by atoms with Crippen LogP contribution in [0.5, 0.6) is 0 Å². The van der Waals surface area contributed by atoms with Gasteiger partial charge in [-0.1, -0.05) is 57.2 Å². The maximum absolute atomic E-state index is 11.3. The van der Waals surface area contributed by atoms with Crippen molar-refractivity contribution in [3.8, 4) is 0 Å². The molecule has 1 N–H and O–H groups in total. The Balaban J connectivity index is 2.00. The molecule has 0 aliphatic carbocycles. The van der Waals surface area contributed by atoms with Gasteiger partial charge < -0.3 is 9.52 Å². The molecule has 3 rings (SSSR count). The van der Waals surface area contributed by atoms with Gasteiger partial charge in [-0.25, -0.2) is 4.98 Å². The van der Waals surface area contributed by atoms with Crippen molar-refractivity contribution in [2.24, 2.45) is 0 Å². The lowest BCUT2D eigenvalue weighted by atomic mass is 9.86. The van der Waals surface area contributed by atoms with E-state index in [0.29, 0.717) is 17.0 Å². The number of oxazole rings is 1. The van der Waals surface area contributed by atoms with E-state index >= 15 is 0 Å². The fourth-order valence-electron chi connectivity index (χ4n) is 2.64. The van der Waals surface area contributed by atoms with Crippen LogP contribution in [-0.2, 0) is 10.2 Å². The molecule has 4 nitrogen and oxygen atoms in total. The topological polar surface area (TPSA) is 63.3 Å². The summed E-state index contributed by atoms with van der Waals surface area (Å²) in [6.45, 7) is 6.48. The Labute approximate surface area is 146 Å². The highest BCUT2D eigenvalue weighted by atomic mass is 16.4. The molecule has 25 heavy (non-hydrogen) atoms. The third-order valence-electron chi connectivity index (χ3n) is 4.03. The van der Waals surface area contributed by atoms with Crippen molar-refractivity contribution in [3.05, 3.63) is 65.5 Å². The normalized spacial score (nSPS) is 12.5. The first-order valence-electron chi connectivity index (χ1n) is 8.22. The summed E-state index contributed by atoms with van der Waals surface area (Å²) in [5.74, 6) is -0.566. The quantitative estimate of drug-likeness (QED) is 0.717. The van der Waals surface area contributed by atoms with Crippen molar-refractivity contribution in [2.75, 3.05) is 0 Å². The van der Waals surface area contributed by atoms with E-state index in [1.54, 1.807) is 0 Å². The SMILES string of the molecule is CC(C)(C)c1ccc(C=C(CC(=O)O)c2nc3ccccc3o2)cc1. The number of benzene rings is 2. The number of hydrogen-bond acceptors (Lipinski definition) is 3. The second-order valence-electron chi connectivity index (χ2n) is 7.10. The molecular formula is C21H21NO3. The van der Waals surface area contributed by atoms with Crippen LogP contribution in [0.25, 0.3) is 22.7 Å². The largest absolute Gasteiger partial charge is 0.481 e. The summed E-state index contributed by atoms with van der Waals surface area (Å²) >= 11 is 0. The number of carbonyl (C=O) groups is 1. The Morgan fingerprint density at radius 1 is 1.12 bits per heavy atom. The van der Waals surface area contributed by atoms with E-state index in [1.165, 1.54) is 5.56 Å². The number of aromatic nitrogens is 1. The molecule has 0 aliphatic rings. The zero-order valence-corrected chi connectivity index (χ0v) is 14.6. The van der Waals surface area contributed by atoms with Gasteiger partial charge in [0.1, 0.15) is 5.52 Å². The molecule has 0 unspecified atom stereocenters. The Hall–Kier alpha value is -2.88. The molecule has 0 atom stereocenters. The summed E-state index contributed by atoms with van der Waals surface area (Å²) < 4.78 is 5.74. The van der Waals surface area contributed by atoms with E-state index < -0.39 is 5.97 Å². The molecule has 0 amide bonds. The van der Waals surface area contributed by atoms with Gasteiger partial charge in [-0.15, -0.1) is 0 Å². The monoisotopic (exact) mass is 335 g/mol. The molecule has 0 spiro atoms. The maximum Gasteiger partial charge on any atom is 0.308 e. The minimum absolute atomic E-state index is 0.0758. The summed E-state index contributed by atoms with van der Waals surface area (Å²) in [6, 6.07) is 15.5. The van der Waals surface area contributed by atoms with Crippen LogP contribution in [0.15, 0.2) is 52.9 Å². The van der Waals surface area contributed by atoms with Gasteiger partial charge in [0, 0.05) is 5.57 Å². The third-order valence-corrected chi connectivity index (χ3v) is 4.03. The van der Waals surface area contributed by atoms with Crippen molar-refractivity contribution in [1.29, 1.82) is 0 Å². The molecule has 0 fully saturated rings. The van der Waals surface area contributed by atoms with E-state index in [-0.39, 0.29) is 11.8 Å². The highest BCUT2D eigenvalue weighted by Gasteiger charge is 2.15. The fourth-order valence-corrected chi connectivity index (χ4v) is 2.64. The van der Waals surface area contributed by atoms with Gasteiger partial charge in [0.25, 0.3) is 0 Å². The number of nitrogens with zero attached hydrogens (tertiary/aromatic N) is 1. The van der Waals surface area contributed by atoms with Crippen LogP contribution in [0, 0.1) is 0 Å². The highest BCUT2D eigenvalue weighted by Crippen LogP contribution is 2.27. The van der Waals surface area contributed by atoms with Crippen molar-refractivity contribution in [3.63, 3.8) is 0 Å². The molecule has 0 radical (unpaired) electrons. The van der Waals surface area contributed by atoms with Crippen molar-refractivity contribution >= 4 is 28.7 Å². The Kier molecular flexibility index (Phi) is 4.45. The van der Waals surface area contributed by atoms with E-state index in [4.69, 9.17) is 4.42 Å². The zero-order chi connectivity index (χ0) is 18.0. The third kappa shape index (κ3) is 3.97. The first-order valence-corrected chi connectivity index (χ1v) is 8.22. The Morgan fingerprint density at radius 2 is 1.80 bits per heavy atom. The lowest BCUT2D eigenvalue weighted by molar-refractivity contribution is -0.135. The number of fused-ring (bicyclic) bond motifs is 1. The summed E-state index contributed by atoms with van der Waals surface area (Å²) in [7, 11) is 0. The van der Waals surface area contributed by atoms with Gasteiger partial charge in [0.2, 0.25) is 5.89 Å². The van der Waals surface area contributed by atoms with Crippen LogP contribution in [-0.4, -0.2) is 16.1 Å². The lowest BCUT2D eigenvalue weighted by Crippen LogP contribution is -2.10. The van der Waals surface area contributed by atoms with Crippen molar-refractivity contribution in [1.82, 2.24) is 4.98 Å². The molecular weight excluding hydrogens is 314 g/mol. The average molecular weight is 335 g/mol. The maximum atomic E-state index is 11.3. The van der Waals surface area contributed by atoms with Crippen LogP contribution in [0.4, 0.5) is 0 Å². The first-order chi connectivity index (χ1) is 11.8. The summed E-state index contributed by atoms with van der Waals surface area (Å²) in [4.78, 5) is 15.7. The Bertz CT molecular complexity index is 895. The number of rotatable bonds is 4.